The quantitative estimate of drug-likeness (QED) is 0.788. The molecule has 0 saturated carbocycles. The van der Waals surface area contributed by atoms with E-state index in [1.807, 2.05) is 22.2 Å². The minimum Gasteiger partial charge on any atom is -0.435 e. The number of anilines is 1. The molecule has 3 aliphatic rings. The van der Waals surface area contributed by atoms with Crippen molar-refractivity contribution in [2.45, 2.75) is 25.9 Å². The maximum atomic E-state index is 12.9. The van der Waals surface area contributed by atoms with Gasteiger partial charge in [0, 0.05) is 56.7 Å². The second-order valence-corrected chi connectivity index (χ2v) is 7.88. The number of carbonyl (C=O) groups is 1. The average Bonchev–Trinajstić information content (AvgIpc) is 3.09. The molecule has 0 radical (unpaired) electrons. The van der Waals surface area contributed by atoms with Gasteiger partial charge in [0.15, 0.2) is 0 Å². The fraction of sp³-hybridized carbons (Fsp3) is 0.571. The van der Waals surface area contributed by atoms with Crippen LogP contribution >= 0.6 is 0 Å². The van der Waals surface area contributed by atoms with Crippen molar-refractivity contribution in [3.8, 4) is 5.75 Å². The Bertz CT molecular complexity index is 729. The molecule has 1 amide bonds. The van der Waals surface area contributed by atoms with E-state index >= 15 is 0 Å². The highest BCUT2D eigenvalue weighted by Crippen LogP contribution is 2.27. The molecule has 164 valence electrons. The summed E-state index contributed by atoms with van der Waals surface area (Å²) in [6, 6.07) is 6.64. The number of ether oxygens (including phenoxy) is 1. The Kier molecular flexibility index (Phi) is 6.69. The van der Waals surface area contributed by atoms with Gasteiger partial charge in [-0.2, -0.15) is 8.78 Å². The van der Waals surface area contributed by atoms with Gasteiger partial charge in [-0.15, -0.1) is 0 Å². The van der Waals surface area contributed by atoms with E-state index in [0.29, 0.717) is 12.6 Å². The molecule has 0 aliphatic carbocycles. The van der Waals surface area contributed by atoms with Gasteiger partial charge < -0.3 is 19.9 Å². The number of rotatable bonds is 5. The topological polar surface area (TPSA) is 51.3 Å². The number of piperidine rings is 1. The van der Waals surface area contributed by atoms with Crippen molar-refractivity contribution < 1.29 is 18.3 Å². The number of nitrogens with one attached hydrogen (secondary N) is 1. The zero-order chi connectivity index (χ0) is 20.9. The lowest BCUT2D eigenvalue weighted by molar-refractivity contribution is -0.138. The molecule has 2 saturated heterocycles. The first-order valence-electron chi connectivity index (χ1n) is 10.6. The smallest absolute Gasteiger partial charge is 0.387 e. The highest BCUT2D eigenvalue weighted by atomic mass is 19.3. The normalized spacial score (nSPS) is 21.4. The molecule has 30 heavy (non-hydrogen) atoms. The molecule has 0 unspecified atom stereocenters. The summed E-state index contributed by atoms with van der Waals surface area (Å²) in [4.78, 5) is 16.9. The molecule has 1 aromatic rings. The van der Waals surface area contributed by atoms with Crippen LogP contribution in [0.2, 0.25) is 0 Å². The molecule has 0 spiro atoms. The summed E-state index contributed by atoms with van der Waals surface area (Å²) in [5, 5.41) is 7.78. The summed E-state index contributed by atoms with van der Waals surface area (Å²) in [6.45, 7) is 3.08. The highest BCUT2D eigenvalue weighted by molar-refractivity contribution is 5.79. The summed E-state index contributed by atoms with van der Waals surface area (Å²) in [5.41, 5.74) is 0.912. The second-order valence-electron chi connectivity index (χ2n) is 7.88. The van der Waals surface area contributed by atoms with Gasteiger partial charge >= 0.3 is 6.61 Å². The molecular formula is C21H29F2N5O2. The minimum atomic E-state index is -2.82. The fourth-order valence-electron chi connectivity index (χ4n) is 4.27. The van der Waals surface area contributed by atoms with Crippen molar-refractivity contribution in [2.75, 3.05) is 50.8 Å². The molecule has 1 aromatic carbocycles. The van der Waals surface area contributed by atoms with Gasteiger partial charge in [0.2, 0.25) is 5.91 Å². The van der Waals surface area contributed by atoms with Gasteiger partial charge in [-0.1, -0.05) is 0 Å². The summed E-state index contributed by atoms with van der Waals surface area (Å²) in [6.07, 6.45) is 6.75. The lowest BCUT2D eigenvalue weighted by atomic mass is 9.96. The Morgan fingerprint density at radius 1 is 1.03 bits per heavy atom. The number of halogens is 2. The van der Waals surface area contributed by atoms with Crippen molar-refractivity contribution >= 4 is 11.6 Å². The number of nitrogens with zero attached hydrogens (tertiary/aromatic N) is 4. The van der Waals surface area contributed by atoms with Gasteiger partial charge in [0.25, 0.3) is 0 Å². The minimum absolute atomic E-state index is 0.115. The number of hydrazine groups is 1. The van der Waals surface area contributed by atoms with E-state index in [1.54, 1.807) is 24.3 Å². The molecule has 3 aliphatic heterocycles. The molecule has 7 nitrogen and oxygen atoms in total. The number of amides is 1. The maximum Gasteiger partial charge on any atom is 0.387 e. The Balaban J connectivity index is 1.26. The molecule has 0 aromatic heterocycles. The van der Waals surface area contributed by atoms with Gasteiger partial charge in [-0.3, -0.25) is 9.80 Å². The summed E-state index contributed by atoms with van der Waals surface area (Å²) in [7, 11) is 0. The van der Waals surface area contributed by atoms with E-state index in [1.165, 1.54) is 0 Å². The Labute approximate surface area is 175 Å². The van der Waals surface area contributed by atoms with Crippen molar-refractivity contribution in [2.24, 2.45) is 5.92 Å². The molecule has 0 atom stereocenters. The van der Waals surface area contributed by atoms with Crippen LogP contribution in [-0.2, 0) is 4.79 Å². The van der Waals surface area contributed by atoms with Crippen molar-refractivity contribution in [1.82, 2.24) is 20.2 Å². The second kappa shape index (κ2) is 9.61. The highest BCUT2D eigenvalue weighted by Gasteiger charge is 2.31. The largest absolute Gasteiger partial charge is 0.435 e. The fourth-order valence-corrected chi connectivity index (χ4v) is 4.27. The molecular weight excluding hydrogens is 392 g/mol. The Hall–Kier alpha value is -2.39. The number of hydrogen-bond donors (Lipinski definition) is 1. The SMILES string of the molecule is O=C(C1CCN(N2C=CN(c3ccc(OC(F)F)cc3)C2)CC1)N1CCCNCC1. The summed E-state index contributed by atoms with van der Waals surface area (Å²) >= 11 is 0. The molecule has 4 rings (SSSR count). The average molecular weight is 421 g/mol. The summed E-state index contributed by atoms with van der Waals surface area (Å²) in [5.74, 6) is 0.577. The van der Waals surface area contributed by atoms with Crippen LogP contribution in [0.4, 0.5) is 14.5 Å². The number of carbonyl (C=O) groups excluding carboxylic acids is 1. The first kappa shape index (κ1) is 20.9. The number of hydrogen-bond acceptors (Lipinski definition) is 6. The Morgan fingerprint density at radius 2 is 1.80 bits per heavy atom. The van der Waals surface area contributed by atoms with Crippen LogP contribution in [0.1, 0.15) is 19.3 Å². The number of benzene rings is 1. The van der Waals surface area contributed by atoms with E-state index in [4.69, 9.17) is 0 Å². The van der Waals surface area contributed by atoms with E-state index in [-0.39, 0.29) is 11.7 Å². The predicted octanol–water partition coefficient (Wildman–Crippen LogP) is 2.29. The van der Waals surface area contributed by atoms with Crippen LogP contribution in [0.15, 0.2) is 36.7 Å². The lowest BCUT2D eigenvalue weighted by Gasteiger charge is -2.39. The van der Waals surface area contributed by atoms with Crippen molar-refractivity contribution in [3.63, 3.8) is 0 Å². The standard InChI is InChI=1S/C21H29F2N5O2/c22-21(23)30-19-4-2-18(3-5-19)26-14-15-28(16-26)27-11-6-17(7-12-27)20(29)25-10-1-8-24-9-13-25/h2-5,14-15,17,21,24H,1,6-13,16H2. The zero-order valence-electron chi connectivity index (χ0n) is 17.1. The third-order valence-electron chi connectivity index (χ3n) is 5.95. The van der Waals surface area contributed by atoms with Gasteiger partial charge in [0.05, 0.1) is 0 Å². The third-order valence-corrected chi connectivity index (χ3v) is 5.95. The molecule has 1 N–H and O–H groups in total. The van der Waals surface area contributed by atoms with E-state index in [9.17, 15) is 13.6 Å². The van der Waals surface area contributed by atoms with Gasteiger partial charge in [-0.25, -0.2) is 5.01 Å². The van der Waals surface area contributed by atoms with Crippen LogP contribution in [0.25, 0.3) is 0 Å². The van der Waals surface area contributed by atoms with E-state index in [2.05, 4.69) is 20.1 Å². The molecule has 9 heteroatoms. The van der Waals surface area contributed by atoms with Crippen LogP contribution in [0.5, 0.6) is 5.75 Å². The summed E-state index contributed by atoms with van der Waals surface area (Å²) < 4.78 is 29.0. The van der Waals surface area contributed by atoms with Crippen LogP contribution in [-0.4, -0.2) is 73.4 Å². The monoisotopic (exact) mass is 421 g/mol. The van der Waals surface area contributed by atoms with Crippen LogP contribution in [0, 0.1) is 5.92 Å². The van der Waals surface area contributed by atoms with E-state index < -0.39 is 6.61 Å². The predicted molar refractivity (Wildman–Crippen MR) is 110 cm³/mol. The van der Waals surface area contributed by atoms with Gasteiger partial charge in [0.1, 0.15) is 12.4 Å². The lowest BCUT2D eigenvalue weighted by Crippen LogP contribution is -2.48. The molecule has 3 heterocycles. The van der Waals surface area contributed by atoms with Crippen molar-refractivity contribution in [1.29, 1.82) is 0 Å². The van der Waals surface area contributed by atoms with Crippen molar-refractivity contribution in [3.05, 3.63) is 36.7 Å². The number of alkyl halides is 2. The maximum absolute atomic E-state index is 12.9. The first-order valence-corrected chi connectivity index (χ1v) is 10.6. The zero-order valence-corrected chi connectivity index (χ0v) is 17.1. The first-order chi connectivity index (χ1) is 14.6. The van der Waals surface area contributed by atoms with Crippen LogP contribution < -0.4 is 15.0 Å². The third kappa shape index (κ3) is 5.02. The van der Waals surface area contributed by atoms with E-state index in [0.717, 1.165) is 64.2 Å². The molecule has 2 fully saturated rings. The molecule has 0 bridgehead atoms. The van der Waals surface area contributed by atoms with Gasteiger partial charge in [-0.05, 0) is 50.1 Å². The van der Waals surface area contributed by atoms with Crippen LogP contribution in [0.3, 0.4) is 0 Å². The Morgan fingerprint density at radius 3 is 2.53 bits per heavy atom.